The van der Waals surface area contributed by atoms with Crippen LogP contribution in [0.2, 0.25) is 0 Å². The van der Waals surface area contributed by atoms with Crippen LogP contribution in [0.25, 0.3) is 0 Å². The summed E-state index contributed by atoms with van der Waals surface area (Å²) >= 11 is 0. The lowest BCUT2D eigenvalue weighted by atomic mass is 10.0. The van der Waals surface area contributed by atoms with E-state index in [0.29, 0.717) is 13.1 Å². The Morgan fingerprint density at radius 3 is 2.61 bits per heavy atom. The third-order valence-electron chi connectivity index (χ3n) is 3.71. The number of rotatable bonds is 6. The lowest BCUT2D eigenvalue weighted by Gasteiger charge is -2.24. The van der Waals surface area contributed by atoms with Gasteiger partial charge in [0.2, 0.25) is 5.91 Å². The molecular weight excluding hydrogens is 290 g/mol. The smallest absolute Gasteiger partial charge is 0.242 e. The van der Waals surface area contributed by atoms with Crippen molar-refractivity contribution in [2.45, 2.75) is 33.4 Å². The molecule has 0 aliphatic heterocycles. The Labute approximate surface area is 137 Å². The molecule has 0 spiro atoms. The zero-order valence-corrected chi connectivity index (χ0v) is 14.5. The summed E-state index contributed by atoms with van der Waals surface area (Å²) in [5.41, 5.74) is 2.15. The van der Waals surface area contributed by atoms with E-state index in [2.05, 4.69) is 21.5 Å². The number of benzene rings is 1. The molecule has 1 N–H and O–H groups in total. The van der Waals surface area contributed by atoms with E-state index in [1.807, 2.05) is 62.6 Å². The predicted octanol–water partition coefficient (Wildman–Crippen LogP) is 1.62. The van der Waals surface area contributed by atoms with Crippen molar-refractivity contribution in [3.63, 3.8) is 0 Å². The summed E-state index contributed by atoms with van der Waals surface area (Å²) in [6.07, 6.45) is 0. The minimum absolute atomic E-state index is 0.00455. The molecule has 1 aromatic carbocycles. The van der Waals surface area contributed by atoms with Crippen molar-refractivity contribution in [3.8, 4) is 0 Å². The van der Waals surface area contributed by atoms with Crippen LogP contribution in [0, 0.1) is 20.8 Å². The van der Waals surface area contributed by atoms with Crippen molar-refractivity contribution in [1.29, 1.82) is 0 Å². The van der Waals surface area contributed by atoms with E-state index in [9.17, 15) is 4.79 Å². The fourth-order valence-corrected chi connectivity index (χ4v) is 2.68. The van der Waals surface area contributed by atoms with E-state index in [-0.39, 0.29) is 11.9 Å². The molecule has 1 aromatic heterocycles. The largest absolute Gasteiger partial charge is 0.353 e. The molecule has 23 heavy (non-hydrogen) atoms. The molecule has 0 fully saturated rings. The van der Waals surface area contributed by atoms with E-state index in [4.69, 9.17) is 0 Å². The fourth-order valence-electron chi connectivity index (χ4n) is 2.68. The van der Waals surface area contributed by atoms with E-state index >= 15 is 0 Å². The molecule has 0 bridgehead atoms. The second-order valence-electron chi connectivity index (χ2n) is 6.00. The maximum Gasteiger partial charge on any atom is 0.242 e. The number of aromatic nitrogens is 3. The first-order chi connectivity index (χ1) is 10.9. The molecule has 124 valence electrons. The molecule has 1 heterocycles. The number of amides is 1. The van der Waals surface area contributed by atoms with Crippen LogP contribution in [0.4, 0.5) is 0 Å². The predicted molar refractivity (Wildman–Crippen MR) is 90.1 cm³/mol. The van der Waals surface area contributed by atoms with Gasteiger partial charge in [0.1, 0.15) is 17.7 Å². The molecule has 0 saturated carbocycles. The van der Waals surface area contributed by atoms with E-state index < -0.39 is 0 Å². The van der Waals surface area contributed by atoms with Gasteiger partial charge in [0.15, 0.2) is 0 Å². The molecular formula is C17H25N5O. The maximum atomic E-state index is 12.6. The number of hydrogen-bond donors (Lipinski definition) is 1. The summed E-state index contributed by atoms with van der Waals surface area (Å²) in [5.74, 6) is 1.61. The molecule has 0 aliphatic carbocycles. The molecule has 2 rings (SSSR count). The highest BCUT2D eigenvalue weighted by Gasteiger charge is 2.22. The van der Waals surface area contributed by atoms with Crippen LogP contribution in [0.15, 0.2) is 24.3 Å². The maximum absolute atomic E-state index is 12.6. The van der Waals surface area contributed by atoms with Crippen LogP contribution in [0.1, 0.15) is 28.8 Å². The van der Waals surface area contributed by atoms with Gasteiger partial charge < -0.3 is 5.32 Å². The average molecular weight is 315 g/mol. The van der Waals surface area contributed by atoms with Gasteiger partial charge in [-0.3, -0.25) is 9.69 Å². The Kier molecular flexibility index (Phi) is 5.50. The van der Waals surface area contributed by atoms with E-state index in [1.54, 1.807) is 0 Å². The lowest BCUT2D eigenvalue weighted by Crippen LogP contribution is -2.38. The van der Waals surface area contributed by atoms with Crippen LogP contribution >= 0.6 is 0 Å². The highest BCUT2D eigenvalue weighted by atomic mass is 16.2. The molecule has 6 heteroatoms. The summed E-state index contributed by atoms with van der Waals surface area (Å²) in [7, 11) is 3.83. The number of likely N-dealkylation sites (N-methyl/N-ethyl adjacent to an activating group) is 1. The Morgan fingerprint density at radius 1 is 1.30 bits per heavy atom. The molecule has 2 aromatic rings. The molecule has 1 atom stereocenters. The Hall–Kier alpha value is -2.21. The van der Waals surface area contributed by atoms with Gasteiger partial charge in [0.05, 0.1) is 6.54 Å². The SMILES string of the molecule is Cc1cccc([C@H](C(=O)NCCn2nc(C)nc2C)N(C)C)c1. The molecule has 0 radical (unpaired) electrons. The zero-order valence-electron chi connectivity index (χ0n) is 14.5. The Morgan fingerprint density at radius 2 is 2.04 bits per heavy atom. The van der Waals surface area contributed by atoms with Crippen molar-refractivity contribution >= 4 is 5.91 Å². The third kappa shape index (κ3) is 4.39. The second kappa shape index (κ2) is 7.37. The van der Waals surface area contributed by atoms with Gasteiger partial charge >= 0.3 is 0 Å². The van der Waals surface area contributed by atoms with Crippen molar-refractivity contribution in [2.75, 3.05) is 20.6 Å². The van der Waals surface area contributed by atoms with Crippen molar-refractivity contribution in [2.24, 2.45) is 0 Å². The fraction of sp³-hybridized carbons (Fsp3) is 0.471. The number of carbonyl (C=O) groups excluding carboxylic acids is 1. The van der Waals surface area contributed by atoms with Crippen LogP contribution in [0.3, 0.4) is 0 Å². The number of carbonyl (C=O) groups is 1. The molecule has 1 amide bonds. The van der Waals surface area contributed by atoms with Crippen LogP contribution < -0.4 is 5.32 Å². The van der Waals surface area contributed by atoms with Crippen molar-refractivity contribution in [1.82, 2.24) is 25.0 Å². The summed E-state index contributed by atoms with van der Waals surface area (Å²) in [5, 5.41) is 7.30. The highest BCUT2D eigenvalue weighted by molar-refractivity contribution is 5.83. The summed E-state index contributed by atoms with van der Waals surface area (Å²) < 4.78 is 1.81. The van der Waals surface area contributed by atoms with Crippen LogP contribution in [-0.4, -0.2) is 46.2 Å². The van der Waals surface area contributed by atoms with Gasteiger partial charge in [-0.25, -0.2) is 9.67 Å². The zero-order chi connectivity index (χ0) is 17.0. The number of nitrogens with zero attached hydrogens (tertiary/aromatic N) is 4. The minimum Gasteiger partial charge on any atom is -0.353 e. The normalized spacial score (nSPS) is 12.4. The highest BCUT2D eigenvalue weighted by Crippen LogP contribution is 2.19. The minimum atomic E-state index is -0.298. The van der Waals surface area contributed by atoms with E-state index in [1.165, 1.54) is 0 Å². The van der Waals surface area contributed by atoms with Gasteiger partial charge in [-0.05, 0) is 40.4 Å². The Bertz CT molecular complexity index is 677. The number of aryl methyl sites for hydroxylation is 3. The average Bonchev–Trinajstić information content (AvgIpc) is 2.77. The van der Waals surface area contributed by atoms with Crippen LogP contribution in [0.5, 0.6) is 0 Å². The summed E-state index contributed by atoms with van der Waals surface area (Å²) in [6, 6.07) is 7.76. The molecule has 0 saturated heterocycles. The van der Waals surface area contributed by atoms with Crippen molar-refractivity contribution in [3.05, 3.63) is 47.0 Å². The van der Waals surface area contributed by atoms with Gasteiger partial charge in [0.25, 0.3) is 0 Å². The second-order valence-corrected chi connectivity index (χ2v) is 6.00. The monoisotopic (exact) mass is 315 g/mol. The topological polar surface area (TPSA) is 63.1 Å². The standard InChI is InChI=1S/C17H25N5O/c1-12-7-6-8-15(11-12)16(21(4)5)17(23)18-9-10-22-14(3)19-13(2)20-22/h6-8,11,16H,9-10H2,1-5H3,(H,18,23)/t16-/m1/s1. The Balaban J connectivity index is 2.00. The van der Waals surface area contributed by atoms with Gasteiger partial charge in [-0.15, -0.1) is 0 Å². The van der Waals surface area contributed by atoms with Gasteiger partial charge in [-0.2, -0.15) is 5.10 Å². The first kappa shape index (κ1) is 17.1. The molecule has 0 aliphatic rings. The van der Waals surface area contributed by atoms with Crippen molar-refractivity contribution < 1.29 is 4.79 Å². The van der Waals surface area contributed by atoms with E-state index in [0.717, 1.165) is 22.8 Å². The van der Waals surface area contributed by atoms with Gasteiger partial charge in [-0.1, -0.05) is 29.8 Å². The lowest BCUT2D eigenvalue weighted by molar-refractivity contribution is -0.125. The summed E-state index contributed by atoms with van der Waals surface area (Å²) in [4.78, 5) is 18.8. The quantitative estimate of drug-likeness (QED) is 0.880. The first-order valence-corrected chi connectivity index (χ1v) is 7.77. The van der Waals surface area contributed by atoms with Crippen LogP contribution in [-0.2, 0) is 11.3 Å². The van der Waals surface area contributed by atoms with Gasteiger partial charge in [0, 0.05) is 6.54 Å². The number of hydrogen-bond acceptors (Lipinski definition) is 4. The number of nitrogens with one attached hydrogen (secondary N) is 1. The summed E-state index contributed by atoms with van der Waals surface area (Å²) in [6.45, 7) is 6.95. The first-order valence-electron chi connectivity index (χ1n) is 7.77. The molecule has 6 nitrogen and oxygen atoms in total. The molecule has 0 unspecified atom stereocenters. The third-order valence-corrected chi connectivity index (χ3v) is 3.71.